The molecule has 2 N–H and O–H groups in total. The molecule has 170 valence electrons. The second kappa shape index (κ2) is 8.23. The molecule has 0 amide bonds. The Morgan fingerprint density at radius 1 is 0.794 bits per heavy atom. The first-order valence-corrected chi connectivity index (χ1v) is 12.7. The fourth-order valence-electron chi connectivity index (χ4n) is 4.54. The molecule has 1 fully saturated rings. The Morgan fingerprint density at radius 3 is 2.24 bits per heavy atom. The Labute approximate surface area is 197 Å². The third-order valence-corrected chi connectivity index (χ3v) is 8.20. The second-order valence-corrected chi connectivity index (χ2v) is 10.4. The monoisotopic (exact) mass is 469 g/mol. The summed E-state index contributed by atoms with van der Waals surface area (Å²) in [6.45, 7) is 1.17. The molecule has 8 heteroatoms. The van der Waals surface area contributed by atoms with Gasteiger partial charge in [0.15, 0.2) is 5.82 Å². The van der Waals surface area contributed by atoms with Crippen LogP contribution < -0.4 is 0 Å². The van der Waals surface area contributed by atoms with Gasteiger partial charge in [-0.05, 0) is 42.7 Å². The van der Waals surface area contributed by atoms with Gasteiger partial charge in [-0.1, -0.05) is 54.6 Å². The third-order valence-electron chi connectivity index (χ3n) is 6.29. The average molecular weight is 470 g/mol. The number of hydrogen-bond acceptors (Lipinski definition) is 4. The maximum atomic E-state index is 12.9. The zero-order valence-corrected chi connectivity index (χ0v) is 19.2. The summed E-state index contributed by atoms with van der Waals surface area (Å²) in [4.78, 5) is 8.45. The van der Waals surface area contributed by atoms with Crippen molar-refractivity contribution in [2.75, 3.05) is 13.1 Å². The number of para-hydroxylation sites is 2. The number of hydrogen-bond donors (Lipinski definition) is 2. The number of imidazole rings is 1. The predicted molar refractivity (Wildman–Crippen MR) is 133 cm³/mol. The molecular weight excluding hydrogens is 446 g/mol. The molecule has 0 unspecified atom stereocenters. The van der Waals surface area contributed by atoms with E-state index in [0.29, 0.717) is 23.8 Å². The summed E-state index contributed by atoms with van der Waals surface area (Å²) in [5.74, 6) is 0.701. The molecule has 0 aliphatic carbocycles. The Hall–Kier alpha value is -3.75. The highest BCUT2D eigenvalue weighted by atomic mass is 32.2. The van der Waals surface area contributed by atoms with Crippen LogP contribution in [0.4, 0.5) is 0 Å². The van der Waals surface area contributed by atoms with Crippen LogP contribution in [0.3, 0.4) is 0 Å². The molecule has 34 heavy (non-hydrogen) atoms. The summed E-state index contributed by atoms with van der Waals surface area (Å²) in [6.07, 6.45) is 1.82. The SMILES string of the molecule is O=S(=O)(c1ccc(-c2n[nH]c(-c3nc4ccccc4[nH]3)c2-c2ccccc2)cc1)N1CCCC1. The third kappa shape index (κ3) is 3.52. The minimum absolute atomic E-state index is 0.312. The van der Waals surface area contributed by atoms with E-state index in [1.807, 2.05) is 66.7 Å². The zero-order valence-electron chi connectivity index (χ0n) is 18.4. The van der Waals surface area contributed by atoms with Gasteiger partial charge in [-0.15, -0.1) is 0 Å². The predicted octanol–water partition coefficient (Wildman–Crippen LogP) is 5.07. The molecule has 3 aromatic carbocycles. The minimum atomic E-state index is -3.46. The maximum Gasteiger partial charge on any atom is 0.243 e. The van der Waals surface area contributed by atoms with E-state index in [1.54, 1.807) is 16.4 Å². The van der Waals surface area contributed by atoms with Gasteiger partial charge in [0.2, 0.25) is 10.0 Å². The van der Waals surface area contributed by atoms with Crippen LogP contribution in [0.1, 0.15) is 12.8 Å². The number of H-pyrrole nitrogens is 2. The van der Waals surface area contributed by atoms with Crippen molar-refractivity contribution in [1.29, 1.82) is 0 Å². The van der Waals surface area contributed by atoms with Gasteiger partial charge >= 0.3 is 0 Å². The molecule has 0 radical (unpaired) electrons. The van der Waals surface area contributed by atoms with Crippen molar-refractivity contribution in [1.82, 2.24) is 24.5 Å². The summed E-state index contributed by atoms with van der Waals surface area (Å²) in [5, 5.41) is 7.80. The molecule has 2 aromatic heterocycles. The van der Waals surface area contributed by atoms with Crippen LogP contribution in [0.15, 0.2) is 83.8 Å². The van der Waals surface area contributed by atoms with E-state index < -0.39 is 10.0 Å². The molecule has 3 heterocycles. The first-order valence-electron chi connectivity index (χ1n) is 11.3. The van der Waals surface area contributed by atoms with Crippen molar-refractivity contribution < 1.29 is 8.42 Å². The molecule has 0 bridgehead atoms. The van der Waals surface area contributed by atoms with Crippen molar-refractivity contribution in [3.63, 3.8) is 0 Å². The van der Waals surface area contributed by atoms with Gasteiger partial charge in [-0.2, -0.15) is 9.40 Å². The number of rotatable bonds is 5. The van der Waals surface area contributed by atoms with Crippen molar-refractivity contribution in [2.24, 2.45) is 0 Å². The van der Waals surface area contributed by atoms with Crippen molar-refractivity contribution in [2.45, 2.75) is 17.7 Å². The van der Waals surface area contributed by atoms with Gasteiger partial charge in [0.25, 0.3) is 0 Å². The molecular formula is C26H23N5O2S. The normalized spacial score (nSPS) is 14.7. The molecule has 6 rings (SSSR count). The van der Waals surface area contributed by atoms with Crippen LogP contribution in [-0.2, 0) is 10.0 Å². The molecule has 0 saturated carbocycles. The Balaban J connectivity index is 1.45. The van der Waals surface area contributed by atoms with E-state index in [2.05, 4.69) is 15.2 Å². The van der Waals surface area contributed by atoms with E-state index in [9.17, 15) is 8.42 Å². The maximum absolute atomic E-state index is 12.9. The lowest BCUT2D eigenvalue weighted by atomic mass is 9.99. The summed E-state index contributed by atoms with van der Waals surface area (Å²) in [6, 6.07) is 24.9. The first kappa shape index (κ1) is 20.8. The fraction of sp³-hybridized carbons (Fsp3) is 0.154. The molecule has 1 aliphatic heterocycles. The van der Waals surface area contributed by atoms with Gasteiger partial charge in [0.05, 0.1) is 15.9 Å². The van der Waals surface area contributed by atoms with Crippen molar-refractivity contribution >= 4 is 21.1 Å². The average Bonchev–Trinajstić information content (AvgIpc) is 3.64. The summed E-state index contributed by atoms with van der Waals surface area (Å²) in [7, 11) is -3.46. The largest absolute Gasteiger partial charge is 0.337 e. The number of sulfonamides is 1. The van der Waals surface area contributed by atoms with Crippen LogP contribution in [0, 0.1) is 0 Å². The van der Waals surface area contributed by atoms with Gasteiger partial charge < -0.3 is 4.98 Å². The number of benzene rings is 3. The van der Waals surface area contributed by atoms with Crippen molar-refractivity contribution in [3.05, 3.63) is 78.9 Å². The summed E-state index contributed by atoms with van der Waals surface area (Å²) < 4.78 is 27.4. The molecule has 1 aliphatic rings. The van der Waals surface area contributed by atoms with Crippen LogP contribution in [0.25, 0.3) is 44.9 Å². The summed E-state index contributed by atoms with van der Waals surface area (Å²) >= 11 is 0. The summed E-state index contributed by atoms with van der Waals surface area (Å²) in [5.41, 5.74) is 6.09. The van der Waals surface area contributed by atoms with E-state index in [-0.39, 0.29) is 0 Å². The number of aromatic amines is 2. The van der Waals surface area contributed by atoms with Crippen LogP contribution in [-0.4, -0.2) is 46.0 Å². The molecule has 0 spiro atoms. The number of aromatic nitrogens is 4. The molecule has 1 saturated heterocycles. The van der Waals surface area contributed by atoms with E-state index >= 15 is 0 Å². The lowest BCUT2D eigenvalue weighted by Crippen LogP contribution is -2.27. The Bertz CT molecular complexity index is 1530. The molecule has 5 aromatic rings. The Morgan fingerprint density at radius 2 is 1.50 bits per heavy atom. The van der Waals surface area contributed by atoms with E-state index in [0.717, 1.165) is 52.0 Å². The van der Waals surface area contributed by atoms with Crippen LogP contribution in [0.5, 0.6) is 0 Å². The van der Waals surface area contributed by atoms with Crippen LogP contribution in [0.2, 0.25) is 0 Å². The lowest BCUT2D eigenvalue weighted by Gasteiger charge is -2.15. The highest BCUT2D eigenvalue weighted by Gasteiger charge is 2.27. The zero-order chi connectivity index (χ0) is 23.1. The van der Waals surface area contributed by atoms with Gasteiger partial charge in [0, 0.05) is 24.2 Å². The Kier molecular flexibility index (Phi) is 5.04. The lowest BCUT2D eigenvalue weighted by molar-refractivity contribution is 0.477. The smallest absolute Gasteiger partial charge is 0.243 e. The highest BCUT2D eigenvalue weighted by Crippen LogP contribution is 2.38. The molecule has 7 nitrogen and oxygen atoms in total. The standard InChI is InChI=1S/C26H23N5O2S/c32-34(33,31-16-6-7-17-31)20-14-12-19(13-15-20)24-23(18-8-2-1-3-9-18)25(30-29-24)26-27-21-10-4-5-11-22(21)28-26/h1-5,8-15H,6-7,16-17H2,(H,27,28)(H,29,30). The van der Waals surface area contributed by atoms with E-state index in [4.69, 9.17) is 4.98 Å². The van der Waals surface area contributed by atoms with Gasteiger partial charge in [-0.25, -0.2) is 13.4 Å². The number of nitrogens with one attached hydrogen (secondary N) is 2. The molecule has 0 atom stereocenters. The quantitative estimate of drug-likeness (QED) is 0.376. The second-order valence-electron chi connectivity index (χ2n) is 8.43. The number of fused-ring (bicyclic) bond motifs is 1. The first-order chi connectivity index (χ1) is 16.6. The van der Waals surface area contributed by atoms with E-state index in [1.165, 1.54) is 0 Å². The minimum Gasteiger partial charge on any atom is -0.337 e. The highest BCUT2D eigenvalue weighted by molar-refractivity contribution is 7.89. The van der Waals surface area contributed by atoms with Gasteiger partial charge in [0.1, 0.15) is 11.4 Å². The van der Waals surface area contributed by atoms with Gasteiger partial charge in [-0.3, -0.25) is 5.10 Å². The number of nitrogens with zero attached hydrogens (tertiary/aromatic N) is 3. The van der Waals surface area contributed by atoms with Crippen molar-refractivity contribution in [3.8, 4) is 33.9 Å². The topological polar surface area (TPSA) is 94.7 Å². The fourth-order valence-corrected chi connectivity index (χ4v) is 6.06. The van der Waals surface area contributed by atoms with Crippen LogP contribution >= 0.6 is 0 Å².